The third kappa shape index (κ3) is 3.69. The van der Waals surface area contributed by atoms with E-state index in [1.165, 1.54) is 0 Å². The molecule has 0 aromatic carbocycles. The van der Waals surface area contributed by atoms with E-state index in [9.17, 15) is 4.79 Å². The highest BCUT2D eigenvalue weighted by atomic mass is 16.3. The third-order valence-corrected chi connectivity index (χ3v) is 2.85. The molecule has 2 heterocycles. The number of likely N-dealkylation sites (N-methyl/N-ethyl adjacent to an activating group) is 1. The molecule has 0 aliphatic heterocycles. The Balaban J connectivity index is 1.87. The second-order valence-electron chi connectivity index (χ2n) is 4.50. The number of nitrogens with zero attached hydrogens (tertiary/aromatic N) is 3. The summed E-state index contributed by atoms with van der Waals surface area (Å²) in [5, 5.41) is 6.88. The minimum absolute atomic E-state index is 0.0246. The minimum atomic E-state index is -0.0675. The first kappa shape index (κ1) is 13.4. The van der Waals surface area contributed by atoms with Crippen molar-refractivity contribution in [3.05, 3.63) is 42.6 Å². The van der Waals surface area contributed by atoms with Gasteiger partial charge < -0.3 is 9.73 Å². The fraction of sp³-hybridized carbons (Fsp3) is 0.385. The maximum absolute atomic E-state index is 11.8. The molecule has 0 bridgehead atoms. The summed E-state index contributed by atoms with van der Waals surface area (Å²) >= 11 is 0. The molecular weight excluding hydrogens is 244 g/mol. The van der Waals surface area contributed by atoms with E-state index in [2.05, 4.69) is 10.4 Å². The van der Waals surface area contributed by atoms with Gasteiger partial charge in [-0.1, -0.05) is 0 Å². The Labute approximate surface area is 112 Å². The van der Waals surface area contributed by atoms with Gasteiger partial charge in [0.15, 0.2) is 0 Å². The number of hydrogen-bond acceptors (Lipinski definition) is 4. The summed E-state index contributed by atoms with van der Waals surface area (Å²) in [5.74, 6) is 0.770. The highest BCUT2D eigenvalue weighted by molar-refractivity contribution is 5.75. The van der Waals surface area contributed by atoms with Crippen LogP contribution in [0.1, 0.15) is 11.8 Å². The number of furan rings is 1. The molecule has 0 saturated carbocycles. The van der Waals surface area contributed by atoms with Gasteiger partial charge in [0.2, 0.25) is 5.91 Å². The summed E-state index contributed by atoms with van der Waals surface area (Å²) in [6, 6.07) is 5.57. The molecule has 1 atom stereocenters. The minimum Gasteiger partial charge on any atom is -0.468 e. The molecule has 19 heavy (non-hydrogen) atoms. The Morgan fingerprint density at radius 1 is 1.53 bits per heavy atom. The van der Waals surface area contributed by atoms with Gasteiger partial charge in [0, 0.05) is 18.9 Å². The number of aromatic nitrogens is 2. The predicted octanol–water partition coefficient (Wildman–Crippen LogP) is 0.895. The highest BCUT2D eigenvalue weighted by Crippen LogP contribution is 2.17. The largest absolute Gasteiger partial charge is 0.468 e. The van der Waals surface area contributed by atoms with Crippen LogP contribution in [-0.2, 0) is 11.3 Å². The molecule has 0 aliphatic carbocycles. The van der Waals surface area contributed by atoms with Crippen molar-refractivity contribution < 1.29 is 9.21 Å². The van der Waals surface area contributed by atoms with E-state index in [1.54, 1.807) is 29.4 Å². The van der Waals surface area contributed by atoms with Crippen LogP contribution in [0.2, 0.25) is 0 Å². The van der Waals surface area contributed by atoms with Crippen LogP contribution in [-0.4, -0.2) is 41.2 Å². The van der Waals surface area contributed by atoms with Crippen LogP contribution >= 0.6 is 0 Å². The van der Waals surface area contributed by atoms with Crippen LogP contribution < -0.4 is 5.32 Å². The van der Waals surface area contributed by atoms with Gasteiger partial charge in [0.05, 0.1) is 12.3 Å². The number of carbonyl (C=O) groups is 1. The Bertz CT molecular complexity index is 491. The molecular formula is C13H18N4O2. The fourth-order valence-electron chi connectivity index (χ4n) is 1.83. The second-order valence-corrected chi connectivity index (χ2v) is 4.50. The normalized spacial score (nSPS) is 12.6. The Morgan fingerprint density at radius 2 is 2.37 bits per heavy atom. The lowest BCUT2D eigenvalue weighted by atomic mass is 10.2. The van der Waals surface area contributed by atoms with Gasteiger partial charge in [-0.05, 0) is 32.3 Å². The molecule has 2 aromatic heterocycles. The second kappa shape index (κ2) is 6.19. The van der Waals surface area contributed by atoms with Crippen LogP contribution in [0.25, 0.3) is 0 Å². The fourth-order valence-corrected chi connectivity index (χ4v) is 1.83. The summed E-state index contributed by atoms with van der Waals surface area (Å²) in [7, 11) is 3.90. The molecule has 2 rings (SSSR count). The average Bonchev–Trinajstić information content (AvgIpc) is 3.01. The number of rotatable bonds is 6. The molecule has 0 fully saturated rings. The van der Waals surface area contributed by atoms with Crippen LogP contribution in [0.4, 0.5) is 0 Å². The number of carbonyl (C=O) groups excluding carboxylic acids is 1. The maximum atomic E-state index is 11.8. The molecule has 0 saturated heterocycles. The first-order valence-electron chi connectivity index (χ1n) is 6.11. The Kier molecular flexibility index (Phi) is 4.35. The zero-order valence-corrected chi connectivity index (χ0v) is 11.1. The lowest BCUT2D eigenvalue weighted by molar-refractivity contribution is -0.122. The van der Waals surface area contributed by atoms with Crippen molar-refractivity contribution in [2.24, 2.45) is 0 Å². The monoisotopic (exact) mass is 262 g/mol. The van der Waals surface area contributed by atoms with Gasteiger partial charge in [-0.25, -0.2) is 0 Å². The molecule has 0 aliphatic rings. The summed E-state index contributed by atoms with van der Waals surface area (Å²) < 4.78 is 6.97. The molecule has 0 unspecified atom stereocenters. The van der Waals surface area contributed by atoms with E-state index in [1.807, 2.05) is 31.1 Å². The van der Waals surface area contributed by atoms with Gasteiger partial charge in [-0.15, -0.1) is 0 Å². The van der Waals surface area contributed by atoms with Gasteiger partial charge in [-0.3, -0.25) is 14.4 Å². The number of nitrogens with one attached hydrogen (secondary N) is 1. The molecule has 1 N–H and O–H groups in total. The van der Waals surface area contributed by atoms with Crippen molar-refractivity contribution in [2.45, 2.75) is 12.6 Å². The third-order valence-electron chi connectivity index (χ3n) is 2.85. The lowest BCUT2D eigenvalue weighted by Crippen LogP contribution is -2.36. The van der Waals surface area contributed by atoms with Crippen LogP contribution in [0, 0.1) is 0 Å². The highest BCUT2D eigenvalue weighted by Gasteiger charge is 2.17. The van der Waals surface area contributed by atoms with E-state index >= 15 is 0 Å². The average molecular weight is 262 g/mol. The van der Waals surface area contributed by atoms with Crippen molar-refractivity contribution in [2.75, 3.05) is 20.6 Å². The van der Waals surface area contributed by atoms with Crippen LogP contribution in [0.5, 0.6) is 0 Å². The van der Waals surface area contributed by atoms with Crippen molar-refractivity contribution in [1.29, 1.82) is 0 Å². The summed E-state index contributed by atoms with van der Waals surface area (Å²) in [6.45, 7) is 0.728. The zero-order valence-electron chi connectivity index (χ0n) is 11.1. The molecule has 1 amide bonds. The van der Waals surface area contributed by atoms with Crippen molar-refractivity contribution in [3.63, 3.8) is 0 Å². The lowest BCUT2D eigenvalue weighted by Gasteiger charge is -2.22. The summed E-state index contributed by atoms with van der Waals surface area (Å²) in [6.07, 6.45) is 5.05. The Morgan fingerprint density at radius 3 is 2.95 bits per heavy atom. The number of hydrogen-bond donors (Lipinski definition) is 1. The molecule has 0 radical (unpaired) electrons. The molecule has 0 spiro atoms. The first-order valence-corrected chi connectivity index (χ1v) is 6.11. The van der Waals surface area contributed by atoms with E-state index in [0.717, 1.165) is 5.76 Å². The predicted molar refractivity (Wildman–Crippen MR) is 70.4 cm³/mol. The summed E-state index contributed by atoms with van der Waals surface area (Å²) in [5.41, 5.74) is 0. The van der Waals surface area contributed by atoms with Gasteiger partial charge >= 0.3 is 0 Å². The smallest absolute Gasteiger partial charge is 0.241 e. The quantitative estimate of drug-likeness (QED) is 0.840. The van der Waals surface area contributed by atoms with E-state index < -0.39 is 0 Å². The number of amides is 1. The van der Waals surface area contributed by atoms with Gasteiger partial charge in [0.25, 0.3) is 0 Å². The van der Waals surface area contributed by atoms with Crippen molar-refractivity contribution in [3.8, 4) is 0 Å². The van der Waals surface area contributed by atoms with Crippen LogP contribution in [0.3, 0.4) is 0 Å². The van der Waals surface area contributed by atoms with Crippen LogP contribution in [0.15, 0.2) is 41.3 Å². The standard InChI is InChI=1S/C13H18N4O2/c1-16(2)11(12-5-3-8-19-12)9-14-13(18)10-17-7-4-6-15-17/h3-8,11H,9-10H2,1-2H3,(H,14,18)/t11-/m0/s1. The van der Waals surface area contributed by atoms with Crippen molar-refractivity contribution in [1.82, 2.24) is 20.0 Å². The van der Waals surface area contributed by atoms with Crippen molar-refractivity contribution >= 4 is 5.91 Å². The zero-order chi connectivity index (χ0) is 13.7. The molecule has 6 nitrogen and oxygen atoms in total. The molecule has 6 heteroatoms. The van der Waals surface area contributed by atoms with E-state index in [-0.39, 0.29) is 18.5 Å². The van der Waals surface area contributed by atoms with Gasteiger partial charge in [0.1, 0.15) is 12.3 Å². The topological polar surface area (TPSA) is 63.3 Å². The maximum Gasteiger partial charge on any atom is 0.241 e. The van der Waals surface area contributed by atoms with Gasteiger partial charge in [-0.2, -0.15) is 5.10 Å². The molecule has 2 aromatic rings. The Hall–Kier alpha value is -2.08. The first-order chi connectivity index (χ1) is 9.16. The SMILES string of the molecule is CN(C)[C@@H](CNC(=O)Cn1cccn1)c1ccco1. The van der Waals surface area contributed by atoms with E-state index in [4.69, 9.17) is 4.42 Å². The van der Waals surface area contributed by atoms with E-state index in [0.29, 0.717) is 6.54 Å². The molecule has 102 valence electrons. The summed E-state index contributed by atoms with van der Waals surface area (Å²) in [4.78, 5) is 13.8.